The molecule has 0 saturated carbocycles. The maximum absolute atomic E-state index is 12.1. The normalized spacial score (nSPS) is 10.2. The van der Waals surface area contributed by atoms with Crippen LogP contribution in [-0.4, -0.2) is 11.8 Å². The molecule has 0 aliphatic heterocycles. The highest BCUT2D eigenvalue weighted by atomic mass is 79.9. The van der Waals surface area contributed by atoms with Gasteiger partial charge in [0.2, 0.25) is 5.91 Å². The van der Waals surface area contributed by atoms with Crippen molar-refractivity contribution in [3.05, 3.63) is 44.0 Å². The Morgan fingerprint density at radius 1 is 1.15 bits per heavy atom. The molecular formula is C13H10BrClN2O2S. The second kappa shape index (κ2) is 6.39. The van der Waals surface area contributed by atoms with Gasteiger partial charge < -0.3 is 10.6 Å². The van der Waals surface area contributed by atoms with Gasteiger partial charge in [0, 0.05) is 11.9 Å². The van der Waals surface area contributed by atoms with E-state index in [1.54, 1.807) is 30.3 Å². The molecule has 0 aliphatic carbocycles. The summed E-state index contributed by atoms with van der Waals surface area (Å²) in [6.45, 7) is 1.40. The van der Waals surface area contributed by atoms with Gasteiger partial charge in [0.25, 0.3) is 5.91 Å². The van der Waals surface area contributed by atoms with Crippen LogP contribution in [0.5, 0.6) is 0 Å². The number of carbonyl (C=O) groups excluding carboxylic acids is 2. The number of carbonyl (C=O) groups is 2. The Kier molecular flexibility index (Phi) is 4.80. The van der Waals surface area contributed by atoms with Gasteiger partial charge in [0.1, 0.15) is 0 Å². The van der Waals surface area contributed by atoms with Crippen LogP contribution >= 0.6 is 38.9 Å². The molecule has 0 aliphatic rings. The summed E-state index contributed by atoms with van der Waals surface area (Å²) in [7, 11) is 0. The molecule has 0 radical (unpaired) electrons. The fourth-order valence-electron chi connectivity index (χ4n) is 1.54. The van der Waals surface area contributed by atoms with E-state index in [0.717, 1.165) is 3.79 Å². The third kappa shape index (κ3) is 3.82. The molecule has 0 spiro atoms. The van der Waals surface area contributed by atoms with Crippen LogP contribution in [0, 0.1) is 0 Å². The zero-order valence-corrected chi connectivity index (χ0v) is 13.5. The van der Waals surface area contributed by atoms with Crippen LogP contribution in [-0.2, 0) is 4.79 Å². The van der Waals surface area contributed by atoms with E-state index in [4.69, 9.17) is 11.6 Å². The van der Waals surface area contributed by atoms with Crippen LogP contribution in [0.4, 0.5) is 11.4 Å². The Labute approximate surface area is 133 Å². The first-order chi connectivity index (χ1) is 9.45. The molecule has 0 atom stereocenters. The maximum Gasteiger partial charge on any atom is 0.265 e. The smallest absolute Gasteiger partial charge is 0.265 e. The van der Waals surface area contributed by atoms with Crippen LogP contribution < -0.4 is 10.6 Å². The zero-order chi connectivity index (χ0) is 14.7. The molecule has 2 aromatic rings. The van der Waals surface area contributed by atoms with Crippen LogP contribution in [0.15, 0.2) is 34.1 Å². The number of thiophene rings is 1. The Morgan fingerprint density at radius 2 is 1.90 bits per heavy atom. The Morgan fingerprint density at radius 3 is 2.50 bits per heavy atom. The Hall–Kier alpha value is -1.37. The average molecular weight is 374 g/mol. The number of nitrogens with one attached hydrogen (secondary N) is 2. The number of halogens is 2. The van der Waals surface area contributed by atoms with Crippen LogP contribution in [0.1, 0.15) is 16.6 Å². The summed E-state index contributed by atoms with van der Waals surface area (Å²) in [6, 6.07) is 8.39. The summed E-state index contributed by atoms with van der Waals surface area (Å²) < 4.78 is 0.871. The lowest BCUT2D eigenvalue weighted by molar-refractivity contribution is -0.114. The topological polar surface area (TPSA) is 58.2 Å². The summed E-state index contributed by atoms with van der Waals surface area (Å²) >= 11 is 10.5. The molecule has 2 rings (SSSR count). The molecule has 1 aromatic carbocycles. The Bertz CT molecular complexity index is 672. The summed E-state index contributed by atoms with van der Waals surface area (Å²) in [5.74, 6) is -0.476. The summed E-state index contributed by atoms with van der Waals surface area (Å²) in [6.07, 6.45) is 0. The molecule has 1 aromatic heterocycles. The van der Waals surface area contributed by atoms with E-state index in [1.807, 2.05) is 0 Å². The van der Waals surface area contributed by atoms with Gasteiger partial charge in [0.15, 0.2) is 0 Å². The molecule has 7 heteroatoms. The van der Waals surface area contributed by atoms with Crippen molar-refractivity contribution in [3.8, 4) is 0 Å². The predicted molar refractivity (Wildman–Crippen MR) is 85.7 cm³/mol. The third-order valence-electron chi connectivity index (χ3n) is 2.34. The number of anilines is 2. The SMILES string of the molecule is CC(=O)Nc1ccc(Cl)cc1NC(=O)c1ccc(Br)s1. The Balaban J connectivity index is 2.25. The molecule has 4 nitrogen and oxygen atoms in total. The molecule has 20 heavy (non-hydrogen) atoms. The molecule has 0 bridgehead atoms. The van der Waals surface area contributed by atoms with Crippen LogP contribution in [0.2, 0.25) is 5.02 Å². The molecule has 2 amide bonds. The number of hydrogen-bond donors (Lipinski definition) is 2. The molecular weight excluding hydrogens is 364 g/mol. The molecule has 2 N–H and O–H groups in total. The maximum atomic E-state index is 12.1. The monoisotopic (exact) mass is 372 g/mol. The van der Waals surface area contributed by atoms with Crippen LogP contribution in [0.25, 0.3) is 0 Å². The minimum atomic E-state index is -0.255. The second-order valence-corrected chi connectivity index (χ2v) is 6.83. The first-order valence-electron chi connectivity index (χ1n) is 5.59. The van der Waals surface area contributed by atoms with Crippen molar-refractivity contribution in [1.29, 1.82) is 0 Å². The predicted octanol–water partition coefficient (Wildman–Crippen LogP) is 4.37. The van der Waals surface area contributed by atoms with Gasteiger partial charge in [-0.3, -0.25) is 9.59 Å². The van der Waals surface area contributed by atoms with E-state index in [-0.39, 0.29) is 11.8 Å². The number of amides is 2. The molecule has 0 saturated heterocycles. The van der Waals surface area contributed by atoms with E-state index in [0.29, 0.717) is 21.3 Å². The standard InChI is InChI=1S/C13H10BrClN2O2S/c1-7(18)16-9-3-2-8(15)6-10(9)17-13(19)11-4-5-12(14)20-11/h2-6H,1H3,(H,16,18)(H,17,19). The molecule has 1 heterocycles. The first-order valence-corrected chi connectivity index (χ1v) is 7.58. The van der Waals surface area contributed by atoms with Crippen molar-refractivity contribution >= 4 is 62.1 Å². The summed E-state index contributed by atoms with van der Waals surface area (Å²) in [5.41, 5.74) is 0.966. The van der Waals surface area contributed by atoms with Crippen LogP contribution in [0.3, 0.4) is 0 Å². The lowest BCUT2D eigenvalue weighted by Crippen LogP contribution is -2.14. The minimum Gasteiger partial charge on any atom is -0.325 e. The van der Waals surface area contributed by atoms with Gasteiger partial charge in [-0.1, -0.05) is 11.6 Å². The highest BCUT2D eigenvalue weighted by molar-refractivity contribution is 9.11. The van der Waals surface area contributed by atoms with E-state index >= 15 is 0 Å². The second-order valence-electron chi connectivity index (χ2n) is 3.93. The lowest BCUT2D eigenvalue weighted by atomic mass is 10.2. The number of rotatable bonds is 3. The van der Waals surface area contributed by atoms with Gasteiger partial charge in [-0.05, 0) is 46.3 Å². The molecule has 0 fully saturated rings. The van der Waals surface area contributed by atoms with Crippen molar-refractivity contribution in [2.75, 3.05) is 10.6 Å². The highest BCUT2D eigenvalue weighted by Crippen LogP contribution is 2.28. The fraction of sp³-hybridized carbons (Fsp3) is 0.0769. The number of hydrogen-bond acceptors (Lipinski definition) is 3. The number of benzene rings is 1. The van der Waals surface area contributed by atoms with Gasteiger partial charge in [-0.2, -0.15) is 0 Å². The van der Waals surface area contributed by atoms with Gasteiger partial charge in [-0.15, -0.1) is 11.3 Å². The molecule has 0 unspecified atom stereocenters. The molecule has 104 valence electrons. The summed E-state index contributed by atoms with van der Waals surface area (Å²) in [5, 5.41) is 5.86. The third-order valence-corrected chi connectivity index (χ3v) is 4.20. The minimum absolute atomic E-state index is 0.221. The van der Waals surface area contributed by atoms with Crippen molar-refractivity contribution in [3.63, 3.8) is 0 Å². The average Bonchev–Trinajstić information content (AvgIpc) is 2.79. The van der Waals surface area contributed by atoms with Crippen molar-refractivity contribution < 1.29 is 9.59 Å². The van der Waals surface area contributed by atoms with Crippen molar-refractivity contribution in [2.24, 2.45) is 0 Å². The van der Waals surface area contributed by atoms with Gasteiger partial charge in [-0.25, -0.2) is 0 Å². The zero-order valence-electron chi connectivity index (χ0n) is 10.4. The lowest BCUT2D eigenvalue weighted by Gasteiger charge is -2.11. The van der Waals surface area contributed by atoms with Crippen molar-refractivity contribution in [1.82, 2.24) is 0 Å². The largest absolute Gasteiger partial charge is 0.325 e. The van der Waals surface area contributed by atoms with E-state index in [1.165, 1.54) is 18.3 Å². The fourth-order valence-corrected chi connectivity index (χ4v) is 2.99. The van der Waals surface area contributed by atoms with Gasteiger partial charge >= 0.3 is 0 Å². The van der Waals surface area contributed by atoms with E-state index in [2.05, 4.69) is 26.6 Å². The van der Waals surface area contributed by atoms with Gasteiger partial charge in [0.05, 0.1) is 20.0 Å². The van der Waals surface area contributed by atoms with E-state index < -0.39 is 0 Å². The quantitative estimate of drug-likeness (QED) is 0.839. The van der Waals surface area contributed by atoms with Crippen molar-refractivity contribution in [2.45, 2.75) is 6.92 Å². The highest BCUT2D eigenvalue weighted by Gasteiger charge is 2.12. The van der Waals surface area contributed by atoms with E-state index in [9.17, 15) is 9.59 Å². The summed E-state index contributed by atoms with van der Waals surface area (Å²) in [4.78, 5) is 23.8. The first kappa shape index (κ1) is 15.0.